The van der Waals surface area contributed by atoms with Crippen LogP contribution >= 0.6 is 0 Å². The number of amides is 1. The number of halogens is 2. The Morgan fingerprint density at radius 2 is 1.94 bits per heavy atom. The maximum atomic E-state index is 15.4. The summed E-state index contributed by atoms with van der Waals surface area (Å²) >= 11 is 0. The van der Waals surface area contributed by atoms with Crippen LogP contribution < -0.4 is 5.73 Å². The summed E-state index contributed by atoms with van der Waals surface area (Å²) < 4.78 is 33.1. The molecule has 4 heterocycles. The molecule has 3 atom stereocenters. The van der Waals surface area contributed by atoms with Crippen molar-refractivity contribution in [1.82, 2.24) is 24.0 Å². The van der Waals surface area contributed by atoms with Crippen molar-refractivity contribution >= 4 is 28.0 Å². The van der Waals surface area contributed by atoms with E-state index in [1.54, 1.807) is 28.6 Å². The molecule has 0 radical (unpaired) electrons. The number of nitrogens with zero attached hydrogens (tertiary/aromatic N) is 5. The first-order valence-corrected chi connectivity index (χ1v) is 12.3. The highest BCUT2D eigenvalue weighted by Gasteiger charge is 2.47. The number of piperidine rings is 1. The lowest BCUT2D eigenvalue weighted by Crippen LogP contribution is -2.41. The van der Waals surface area contributed by atoms with E-state index in [9.17, 15) is 9.18 Å². The molecule has 180 valence electrons. The first kappa shape index (κ1) is 21.0. The SMILES string of the molecule is Cn1c(-c2cc3ccc(F)nc3n2CC2CC2)nc2cc(C(=O)N3CC4CCC3C4N)cc(F)c21. The number of benzene rings is 1. The van der Waals surface area contributed by atoms with Crippen LogP contribution in [0.25, 0.3) is 33.6 Å². The van der Waals surface area contributed by atoms with E-state index in [0.29, 0.717) is 53.0 Å². The van der Waals surface area contributed by atoms with Crippen molar-refractivity contribution in [3.8, 4) is 11.5 Å². The molecule has 35 heavy (non-hydrogen) atoms. The third kappa shape index (κ3) is 3.14. The summed E-state index contributed by atoms with van der Waals surface area (Å²) in [7, 11) is 1.76. The maximum Gasteiger partial charge on any atom is 0.254 e. The Bertz CT molecular complexity index is 1520. The van der Waals surface area contributed by atoms with Crippen LogP contribution in [0, 0.1) is 23.6 Å². The maximum absolute atomic E-state index is 15.4. The van der Waals surface area contributed by atoms with Gasteiger partial charge < -0.3 is 19.8 Å². The summed E-state index contributed by atoms with van der Waals surface area (Å²) in [5.74, 6) is 0.189. The van der Waals surface area contributed by atoms with Crippen molar-refractivity contribution < 1.29 is 13.6 Å². The predicted octanol–water partition coefficient (Wildman–Crippen LogP) is 3.84. The number of hydrogen-bond donors (Lipinski definition) is 1. The van der Waals surface area contributed by atoms with Crippen molar-refractivity contribution in [3.05, 3.63) is 47.7 Å². The minimum absolute atomic E-state index is 0.000754. The first-order chi connectivity index (χ1) is 16.9. The van der Waals surface area contributed by atoms with Gasteiger partial charge in [-0.1, -0.05) is 0 Å². The van der Waals surface area contributed by atoms with Gasteiger partial charge in [0, 0.05) is 43.2 Å². The second-order valence-corrected chi connectivity index (χ2v) is 10.4. The molecule has 1 aromatic carbocycles. The molecule has 2 N–H and O–H groups in total. The number of pyridine rings is 1. The number of carbonyl (C=O) groups is 1. The molecule has 1 saturated heterocycles. The third-order valence-electron chi connectivity index (χ3n) is 8.16. The topological polar surface area (TPSA) is 82.0 Å². The molecule has 2 aliphatic carbocycles. The number of fused-ring (bicyclic) bond motifs is 4. The normalized spacial score (nSPS) is 23.8. The Morgan fingerprint density at radius 1 is 1.11 bits per heavy atom. The minimum atomic E-state index is -0.534. The van der Waals surface area contributed by atoms with E-state index in [1.807, 2.05) is 10.6 Å². The number of rotatable bonds is 4. The summed E-state index contributed by atoms with van der Waals surface area (Å²) in [6.07, 6.45) is 4.19. The van der Waals surface area contributed by atoms with Gasteiger partial charge in [-0.05, 0) is 67.9 Å². The van der Waals surface area contributed by atoms with Crippen molar-refractivity contribution in [1.29, 1.82) is 0 Å². The number of imidazole rings is 1. The number of aryl methyl sites for hydroxylation is 1. The van der Waals surface area contributed by atoms with E-state index in [4.69, 9.17) is 10.7 Å². The number of hydrogen-bond acceptors (Lipinski definition) is 4. The fraction of sp³-hybridized carbons (Fsp3) is 0.423. The largest absolute Gasteiger partial charge is 0.334 e. The van der Waals surface area contributed by atoms with Crippen LogP contribution in [0.5, 0.6) is 0 Å². The van der Waals surface area contributed by atoms with Crippen LogP contribution in [0.3, 0.4) is 0 Å². The molecule has 0 spiro atoms. The molecule has 3 unspecified atom stereocenters. The lowest BCUT2D eigenvalue weighted by atomic mass is 10.1. The zero-order chi connectivity index (χ0) is 24.0. The van der Waals surface area contributed by atoms with Crippen LogP contribution in [0.4, 0.5) is 8.78 Å². The molecular weight excluding hydrogens is 450 g/mol. The van der Waals surface area contributed by atoms with Gasteiger partial charge in [-0.25, -0.2) is 14.4 Å². The highest BCUT2D eigenvalue weighted by Crippen LogP contribution is 2.39. The number of likely N-dealkylation sites (tertiary alicyclic amines) is 1. The molecule has 3 fully saturated rings. The zero-order valence-corrected chi connectivity index (χ0v) is 19.4. The van der Waals surface area contributed by atoms with Gasteiger partial charge in [-0.15, -0.1) is 0 Å². The quantitative estimate of drug-likeness (QED) is 0.454. The third-order valence-corrected chi connectivity index (χ3v) is 8.16. The highest BCUT2D eigenvalue weighted by molar-refractivity contribution is 5.98. The fourth-order valence-corrected chi connectivity index (χ4v) is 6.13. The summed E-state index contributed by atoms with van der Waals surface area (Å²) in [4.78, 5) is 24.0. The molecule has 1 amide bonds. The molecule has 2 saturated carbocycles. The molecule has 3 aromatic heterocycles. The minimum Gasteiger partial charge on any atom is -0.334 e. The van der Waals surface area contributed by atoms with Gasteiger partial charge in [0.2, 0.25) is 5.95 Å². The zero-order valence-electron chi connectivity index (χ0n) is 19.4. The molecular formula is C26H26F2N6O. The van der Waals surface area contributed by atoms with Crippen molar-refractivity contribution in [2.45, 2.75) is 44.3 Å². The lowest BCUT2D eigenvalue weighted by Gasteiger charge is -2.27. The molecule has 4 aromatic rings. The van der Waals surface area contributed by atoms with E-state index in [1.165, 1.54) is 12.1 Å². The van der Waals surface area contributed by atoms with E-state index in [0.717, 1.165) is 36.8 Å². The summed E-state index contributed by atoms with van der Waals surface area (Å²) in [6.45, 7) is 1.34. The smallest absolute Gasteiger partial charge is 0.254 e. The van der Waals surface area contributed by atoms with Gasteiger partial charge in [-0.2, -0.15) is 4.39 Å². The van der Waals surface area contributed by atoms with Crippen molar-refractivity contribution in [3.63, 3.8) is 0 Å². The standard InChI is InChI=1S/C26H26F2N6O/c1-32-23-17(27)8-16(26(35)34-12-15-4-6-19(34)22(15)29)9-18(23)30-25(32)20-10-14-5-7-21(28)31-24(14)33(20)11-13-2-3-13/h5,7-10,13,15,19,22H,2-4,6,11-12,29H2,1H3. The van der Waals surface area contributed by atoms with Gasteiger partial charge >= 0.3 is 0 Å². The number of aromatic nitrogens is 4. The Balaban J connectivity index is 1.34. The molecule has 3 aliphatic rings. The summed E-state index contributed by atoms with van der Waals surface area (Å²) in [5.41, 5.74) is 8.65. The number of carbonyl (C=O) groups excluding carboxylic acids is 1. The molecule has 1 aliphatic heterocycles. The summed E-state index contributed by atoms with van der Waals surface area (Å²) in [6, 6.07) is 7.99. The van der Waals surface area contributed by atoms with Gasteiger partial charge in [-0.3, -0.25) is 4.79 Å². The van der Waals surface area contributed by atoms with Crippen LogP contribution in [0.15, 0.2) is 30.3 Å². The van der Waals surface area contributed by atoms with Crippen LogP contribution in [-0.2, 0) is 13.6 Å². The van der Waals surface area contributed by atoms with E-state index in [2.05, 4.69) is 4.98 Å². The average Bonchev–Trinajstić information content (AvgIpc) is 3.25. The van der Waals surface area contributed by atoms with E-state index >= 15 is 4.39 Å². The fourth-order valence-electron chi connectivity index (χ4n) is 6.13. The van der Waals surface area contributed by atoms with Crippen molar-refractivity contribution in [2.75, 3.05) is 6.54 Å². The highest BCUT2D eigenvalue weighted by atomic mass is 19.1. The van der Waals surface area contributed by atoms with E-state index in [-0.39, 0.29) is 18.0 Å². The van der Waals surface area contributed by atoms with Crippen LogP contribution in [0.2, 0.25) is 0 Å². The van der Waals surface area contributed by atoms with Gasteiger partial charge in [0.1, 0.15) is 17.0 Å². The Morgan fingerprint density at radius 3 is 2.66 bits per heavy atom. The molecule has 7 nitrogen and oxygen atoms in total. The van der Waals surface area contributed by atoms with Crippen LogP contribution in [0.1, 0.15) is 36.0 Å². The molecule has 7 rings (SSSR count). The number of nitrogens with two attached hydrogens (primary N) is 1. The second kappa shape index (κ2) is 7.34. The van der Waals surface area contributed by atoms with Gasteiger partial charge in [0.25, 0.3) is 5.91 Å². The van der Waals surface area contributed by atoms with Gasteiger partial charge in [0.05, 0.1) is 11.2 Å². The predicted molar refractivity (Wildman–Crippen MR) is 128 cm³/mol. The van der Waals surface area contributed by atoms with E-state index < -0.39 is 11.8 Å². The lowest BCUT2D eigenvalue weighted by molar-refractivity contribution is 0.0700. The van der Waals surface area contributed by atoms with Crippen LogP contribution in [-0.4, -0.2) is 48.5 Å². The monoisotopic (exact) mass is 476 g/mol. The molecule has 2 bridgehead atoms. The Kier molecular flexibility index (Phi) is 4.40. The Hall–Kier alpha value is -3.33. The average molecular weight is 477 g/mol. The second-order valence-electron chi connectivity index (χ2n) is 10.4. The summed E-state index contributed by atoms with van der Waals surface area (Å²) in [5, 5.41) is 0.811. The van der Waals surface area contributed by atoms with Crippen molar-refractivity contribution in [2.24, 2.45) is 24.6 Å². The molecule has 9 heteroatoms. The first-order valence-electron chi connectivity index (χ1n) is 12.3. The Labute approximate surface area is 200 Å². The van der Waals surface area contributed by atoms with Gasteiger partial charge in [0.15, 0.2) is 5.82 Å².